The van der Waals surface area contributed by atoms with Crippen molar-refractivity contribution in [3.63, 3.8) is 0 Å². The number of hydrogen-bond acceptors (Lipinski definition) is 3. The molecule has 150 valence electrons. The normalized spacial score (nSPS) is 15.0. The van der Waals surface area contributed by atoms with Crippen molar-refractivity contribution in [2.24, 2.45) is 5.92 Å². The molecular formula is C19H19F3N2O3S. The van der Waals surface area contributed by atoms with Crippen LogP contribution < -0.4 is 10.0 Å². The summed E-state index contributed by atoms with van der Waals surface area (Å²) in [6.45, 7) is 1.57. The second kappa shape index (κ2) is 7.46. The van der Waals surface area contributed by atoms with Gasteiger partial charge in [0.05, 0.1) is 10.5 Å². The number of halogens is 3. The maximum absolute atomic E-state index is 12.8. The minimum atomic E-state index is -4.58. The fourth-order valence-electron chi connectivity index (χ4n) is 2.85. The lowest BCUT2D eigenvalue weighted by atomic mass is 9.85. The Morgan fingerprint density at radius 3 is 2.39 bits per heavy atom. The minimum Gasteiger partial charge on any atom is -0.326 e. The first-order chi connectivity index (χ1) is 13.1. The van der Waals surface area contributed by atoms with E-state index < -0.39 is 21.8 Å². The predicted molar refractivity (Wildman–Crippen MR) is 99.4 cm³/mol. The summed E-state index contributed by atoms with van der Waals surface area (Å²) in [5, 5.41) is 2.70. The Kier molecular flexibility index (Phi) is 5.38. The van der Waals surface area contributed by atoms with E-state index in [0.717, 1.165) is 37.5 Å². The van der Waals surface area contributed by atoms with Crippen LogP contribution in [0.4, 0.5) is 24.5 Å². The second-order valence-corrected chi connectivity index (χ2v) is 8.43. The number of carbonyl (C=O) groups is 1. The van der Waals surface area contributed by atoms with Gasteiger partial charge in [-0.1, -0.05) is 18.6 Å². The number of nitrogens with one attached hydrogen (secondary N) is 2. The second-order valence-electron chi connectivity index (χ2n) is 6.78. The zero-order chi connectivity index (χ0) is 20.5. The van der Waals surface area contributed by atoms with Crippen LogP contribution in [0, 0.1) is 12.8 Å². The van der Waals surface area contributed by atoms with Crippen molar-refractivity contribution in [2.45, 2.75) is 37.3 Å². The fourth-order valence-corrected chi connectivity index (χ4v) is 4.17. The van der Waals surface area contributed by atoms with E-state index in [0.29, 0.717) is 11.3 Å². The van der Waals surface area contributed by atoms with E-state index in [1.165, 1.54) is 18.2 Å². The van der Waals surface area contributed by atoms with Crippen LogP contribution in [0.3, 0.4) is 0 Å². The van der Waals surface area contributed by atoms with E-state index in [4.69, 9.17) is 0 Å². The molecule has 0 atom stereocenters. The van der Waals surface area contributed by atoms with Crippen LogP contribution in [0.25, 0.3) is 0 Å². The maximum Gasteiger partial charge on any atom is 0.416 e. The third-order valence-corrected chi connectivity index (χ3v) is 6.19. The molecule has 2 aromatic carbocycles. The molecule has 0 unspecified atom stereocenters. The third kappa shape index (κ3) is 4.46. The first-order valence-electron chi connectivity index (χ1n) is 8.68. The Balaban J connectivity index is 1.85. The largest absolute Gasteiger partial charge is 0.416 e. The number of sulfonamides is 1. The zero-order valence-corrected chi connectivity index (χ0v) is 15.8. The molecule has 0 saturated heterocycles. The molecule has 1 fully saturated rings. The summed E-state index contributed by atoms with van der Waals surface area (Å²) in [4.78, 5) is 12.0. The van der Waals surface area contributed by atoms with Crippen LogP contribution >= 0.6 is 0 Å². The van der Waals surface area contributed by atoms with Gasteiger partial charge in [-0.05, 0) is 55.7 Å². The first-order valence-corrected chi connectivity index (χ1v) is 10.2. The van der Waals surface area contributed by atoms with Gasteiger partial charge in [0.1, 0.15) is 0 Å². The molecule has 0 aromatic heterocycles. The van der Waals surface area contributed by atoms with Gasteiger partial charge in [0.25, 0.3) is 10.0 Å². The average molecular weight is 412 g/mol. The van der Waals surface area contributed by atoms with E-state index >= 15 is 0 Å². The van der Waals surface area contributed by atoms with Gasteiger partial charge in [-0.3, -0.25) is 9.52 Å². The lowest BCUT2D eigenvalue weighted by Crippen LogP contribution is -2.28. The van der Waals surface area contributed by atoms with E-state index in [-0.39, 0.29) is 22.4 Å². The molecule has 0 bridgehead atoms. The molecule has 2 aromatic rings. The Hall–Kier alpha value is -2.55. The number of rotatable bonds is 5. The van der Waals surface area contributed by atoms with Crippen LogP contribution in [-0.4, -0.2) is 14.3 Å². The summed E-state index contributed by atoms with van der Waals surface area (Å²) in [5.74, 6) is -0.228. The van der Waals surface area contributed by atoms with Crippen molar-refractivity contribution in [1.29, 1.82) is 0 Å². The van der Waals surface area contributed by atoms with Crippen molar-refractivity contribution in [3.8, 4) is 0 Å². The van der Waals surface area contributed by atoms with Crippen LogP contribution in [0.5, 0.6) is 0 Å². The fraction of sp³-hybridized carbons (Fsp3) is 0.316. The number of anilines is 2. The molecule has 3 rings (SSSR count). The number of benzene rings is 2. The van der Waals surface area contributed by atoms with Gasteiger partial charge in [0.15, 0.2) is 0 Å². The monoisotopic (exact) mass is 412 g/mol. The lowest BCUT2D eigenvalue weighted by Gasteiger charge is -2.24. The highest BCUT2D eigenvalue weighted by atomic mass is 32.2. The standard InChI is InChI=1S/C19H19F3N2O3S/c1-12-8-9-15(23-18(25)13-4-2-5-13)11-17(12)28(26,27)24-16-7-3-6-14(10-16)19(20,21)22/h3,6-11,13,24H,2,4-5H2,1H3,(H,23,25). The van der Waals surface area contributed by atoms with Gasteiger partial charge < -0.3 is 5.32 Å². The van der Waals surface area contributed by atoms with Crippen LogP contribution in [0.2, 0.25) is 0 Å². The van der Waals surface area contributed by atoms with Gasteiger partial charge in [0, 0.05) is 17.3 Å². The molecule has 1 aliphatic rings. The third-order valence-electron chi connectivity index (χ3n) is 4.66. The Morgan fingerprint density at radius 2 is 1.79 bits per heavy atom. The SMILES string of the molecule is Cc1ccc(NC(=O)C2CCC2)cc1S(=O)(=O)Nc1cccc(C(F)(F)F)c1. The van der Waals surface area contributed by atoms with Crippen LogP contribution in [0.15, 0.2) is 47.4 Å². The topological polar surface area (TPSA) is 75.3 Å². The summed E-state index contributed by atoms with van der Waals surface area (Å²) in [6, 6.07) is 8.40. The highest BCUT2D eigenvalue weighted by molar-refractivity contribution is 7.92. The van der Waals surface area contributed by atoms with Crippen molar-refractivity contribution >= 4 is 27.3 Å². The van der Waals surface area contributed by atoms with Crippen molar-refractivity contribution in [2.75, 3.05) is 10.0 Å². The number of alkyl halides is 3. The molecule has 0 spiro atoms. The minimum absolute atomic E-state index is 0.0652. The van der Waals surface area contributed by atoms with Gasteiger partial charge >= 0.3 is 6.18 Å². The Labute approximate surface area is 161 Å². The maximum atomic E-state index is 12.8. The molecule has 0 heterocycles. The van der Waals surface area contributed by atoms with E-state index in [1.54, 1.807) is 13.0 Å². The number of aryl methyl sites for hydroxylation is 1. The molecule has 1 aliphatic carbocycles. The first kappa shape index (κ1) is 20.2. The Bertz CT molecular complexity index is 1000. The zero-order valence-electron chi connectivity index (χ0n) is 15.0. The van der Waals surface area contributed by atoms with Crippen molar-refractivity contribution in [3.05, 3.63) is 53.6 Å². The summed E-state index contributed by atoms with van der Waals surface area (Å²) in [6.07, 6.45) is -1.98. The molecule has 1 saturated carbocycles. The smallest absolute Gasteiger partial charge is 0.326 e. The van der Waals surface area contributed by atoms with Gasteiger partial charge in [0.2, 0.25) is 5.91 Å². The highest BCUT2D eigenvalue weighted by Gasteiger charge is 2.31. The average Bonchev–Trinajstić information content (AvgIpc) is 2.54. The quantitative estimate of drug-likeness (QED) is 0.756. The molecule has 0 radical (unpaired) electrons. The van der Waals surface area contributed by atoms with E-state index in [9.17, 15) is 26.4 Å². The lowest BCUT2D eigenvalue weighted by molar-refractivity contribution is -0.137. The molecule has 0 aliphatic heterocycles. The van der Waals surface area contributed by atoms with Gasteiger partial charge in [-0.15, -0.1) is 0 Å². The van der Waals surface area contributed by atoms with Crippen molar-refractivity contribution < 1.29 is 26.4 Å². The molecule has 5 nitrogen and oxygen atoms in total. The summed E-state index contributed by atoms with van der Waals surface area (Å²) in [5.41, 5.74) is -0.419. The summed E-state index contributed by atoms with van der Waals surface area (Å²) < 4.78 is 66.1. The molecular weight excluding hydrogens is 393 g/mol. The van der Waals surface area contributed by atoms with Gasteiger partial charge in [-0.25, -0.2) is 8.42 Å². The summed E-state index contributed by atoms with van der Waals surface area (Å²) in [7, 11) is -4.15. The molecule has 1 amide bonds. The number of hydrogen-bond donors (Lipinski definition) is 2. The van der Waals surface area contributed by atoms with E-state index in [1.807, 2.05) is 0 Å². The van der Waals surface area contributed by atoms with E-state index in [2.05, 4.69) is 10.0 Å². The Morgan fingerprint density at radius 1 is 1.07 bits per heavy atom. The van der Waals surface area contributed by atoms with Crippen LogP contribution in [-0.2, 0) is 21.0 Å². The molecule has 9 heteroatoms. The number of amides is 1. The number of carbonyl (C=O) groups excluding carboxylic acids is 1. The predicted octanol–water partition coefficient (Wildman–Crippen LogP) is 4.55. The highest BCUT2D eigenvalue weighted by Crippen LogP contribution is 2.32. The van der Waals surface area contributed by atoms with Crippen LogP contribution in [0.1, 0.15) is 30.4 Å². The molecule has 28 heavy (non-hydrogen) atoms. The summed E-state index contributed by atoms with van der Waals surface area (Å²) >= 11 is 0. The van der Waals surface area contributed by atoms with Crippen molar-refractivity contribution in [1.82, 2.24) is 0 Å². The van der Waals surface area contributed by atoms with Gasteiger partial charge in [-0.2, -0.15) is 13.2 Å². The molecule has 2 N–H and O–H groups in total.